The minimum absolute atomic E-state index is 0.0226. The number of fused-ring (bicyclic) bond motifs is 1. The highest BCUT2D eigenvalue weighted by molar-refractivity contribution is 6.02. The number of ketones is 1. The standard InChI is InChI=1S/C16H14O6/c1-21-9-2-3-10(11(18)6-9)14-7-13(20)16-12(19)4-8(17)5-15(16)22-14/h2-6,14,17-19H,7H2,1H3. The van der Waals surface area contributed by atoms with Gasteiger partial charge in [0.25, 0.3) is 0 Å². The zero-order valence-corrected chi connectivity index (χ0v) is 11.7. The number of hydrogen-bond donors (Lipinski definition) is 3. The fourth-order valence-corrected chi connectivity index (χ4v) is 2.52. The lowest BCUT2D eigenvalue weighted by Crippen LogP contribution is -2.20. The van der Waals surface area contributed by atoms with Crippen molar-refractivity contribution in [3.63, 3.8) is 0 Å². The number of rotatable bonds is 2. The number of benzene rings is 2. The average molecular weight is 302 g/mol. The Labute approximate surface area is 126 Å². The Morgan fingerprint density at radius 2 is 1.91 bits per heavy atom. The fourth-order valence-electron chi connectivity index (χ4n) is 2.52. The van der Waals surface area contributed by atoms with Gasteiger partial charge < -0.3 is 24.8 Å². The lowest BCUT2D eigenvalue weighted by molar-refractivity contribution is 0.0842. The Balaban J connectivity index is 2.00. The van der Waals surface area contributed by atoms with Crippen LogP contribution >= 0.6 is 0 Å². The molecule has 3 N–H and O–H groups in total. The molecule has 0 bridgehead atoms. The molecule has 3 rings (SSSR count). The van der Waals surface area contributed by atoms with Crippen molar-refractivity contribution in [3.8, 4) is 28.7 Å². The molecule has 0 spiro atoms. The summed E-state index contributed by atoms with van der Waals surface area (Å²) in [7, 11) is 1.48. The van der Waals surface area contributed by atoms with Crippen molar-refractivity contribution in [1.82, 2.24) is 0 Å². The summed E-state index contributed by atoms with van der Waals surface area (Å²) in [5.74, 6) is -0.321. The molecule has 6 heteroatoms. The van der Waals surface area contributed by atoms with Crippen molar-refractivity contribution in [2.45, 2.75) is 12.5 Å². The van der Waals surface area contributed by atoms with Crippen molar-refractivity contribution >= 4 is 5.78 Å². The van der Waals surface area contributed by atoms with E-state index >= 15 is 0 Å². The fraction of sp³-hybridized carbons (Fsp3) is 0.188. The van der Waals surface area contributed by atoms with E-state index in [9.17, 15) is 20.1 Å². The molecule has 0 saturated carbocycles. The number of phenolic OH excluding ortho intramolecular Hbond substituents is 3. The van der Waals surface area contributed by atoms with Gasteiger partial charge in [0.2, 0.25) is 0 Å². The van der Waals surface area contributed by atoms with Gasteiger partial charge in [0.1, 0.15) is 40.4 Å². The molecule has 0 aliphatic carbocycles. The first kappa shape index (κ1) is 14.1. The van der Waals surface area contributed by atoms with Crippen LogP contribution in [-0.2, 0) is 0 Å². The van der Waals surface area contributed by atoms with E-state index in [1.54, 1.807) is 12.1 Å². The number of aromatic hydroxyl groups is 3. The molecule has 1 aliphatic rings. The first-order valence-corrected chi connectivity index (χ1v) is 6.62. The second kappa shape index (κ2) is 5.14. The highest BCUT2D eigenvalue weighted by Gasteiger charge is 2.32. The lowest BCUT2D eigenvalue weighted by Gasteiger charge is -2.26. The van der Waals surface area contributed by atoms with Gasteiger partial charge in [0.15, 0.2) is 5.78 Å². The van der Waals surface area contributed by atoms with Crippen LogP contribution in [0.1, 0.15) is 28.4 Å². The van der Waals surface area contributed by atoms with Gasteiger partial charge in [-0.05, 0) is 12.1 Å². The zero-order valence-electron chi connectivity index (χ0n) is 11.7. The molecule has 1 atom stereocenters. The molecule has 22 heavy (non-hydrogen) atoms. The van der Waals surface area contributed by atoms with E-state index in [1.807, 2.05) is 0 Å². The number of methoxy groups -OCH3 is 1. The molecule has 0 fully saturated rings. The van der Waals surface area contributed by atoms with Crippen molar-refractivity contribution < 1.29 is 29.6 Å². The van der Waals surface area contributed by atoms with E-state index in [-0.39, 0.29) is 40.8 Å². The third-order valence-corrected chi connectivity index (χ3v) is 3.57. The van der Waals surface area contributed by atoms with Crippen molar-refractivity contribution in [1.29, 1.82) is 0 Å². The highest BCUT2D eigenvalue weighted by Crippen LogP contribution is 2.43. The van der Waals surface area contributed by atoms with Crippen molar-refractivity contribution in [2.75, 3.05) is 7.11 Å². The molecular weight excluding hydrogens is 288 g/mol. The summed E-state index contributed by atoms with van der Waals surface area (Å²) < 4.78 is 10.7. The summed E-state index contributed by atoms with van der Waals surface area (Å²) in [6.07, 6.45) is -0.724. The number of carbonyl (C=O) groups excluding carboxylic acids is 1. The topological polar surface area (TPSA) is 96.2 Å². The van der Waals surface area contributed by atoms with Crippen LogP contribution in [-0.4, -0.2) is 28.2 Å². The van der Waals surface area contributed by atoms with Gasteiger partial charge in [0.05, 0.1) is 13.5 Å². The van der Waals surface area contributed by atoms with Crippen LogP contribution < -0.4 is 9.47 Å². The number of hydrogen-bond acceptors (Lipinski definition) is 6. The van der Waals surface area contributed by atoms with Gasteiger partial charge in [-0.2, -0.15) is 0 Å². The first-order valence-electron chi connectivity index (χ1n) is 6.62. The molecule has 2 aromatic rings. The lowest BCUT2D eigenvalue weighted by atomic mass is 9.95. The van der Waals surface area contributed by atoms with Crippen LogP contribution in [0, 0.1) is 0 Å². The minimum atomic E-state index is -0.702. The van der Waals surface area contributed by atoms with Gasteiger partial charge >= 0.3 is 0 Å². The molecule has 0 aromatic heterocycles. The molecule has 2 aromatic carbocycles. The van der Waals surface area contributed by atoms with Gasteiger partial charge in [-0.25, -0.2) is 0 Å². The largest absolute Gasteiger partial charge is 0.508 e. The molecule has 0 amide bonds. The van der Waals surface area contributed by atoms with Gasteiger partial charge in [-0.15, -0.1) is 0 Å². The second-order valence-electron chi connectivity index (χ2n) is 5.00. The van der Waals surface area contributed by atoms with Gasteiger partial charge in [-0.3, -0.25) is 4.79 Å². The van der Waals surface area contributed by atoms with Crippen LogP contribution in [0.3, 0.4) is 0 Å². The summed E-state index contributed by atoms with van der Waals surface area (Å²) in [4.78, 5) is 12.2. The predicted octanol–water partition coefficient (Wildman–Crippen LogP) is 2.52. The maximum absolute atomic E-state index is 12.2. The average Bonchev–Trinajstić information content (AvgIpc) is 2.45. The molecule has 0 radical (unpaired) electrons. The zero-order chi connectivity index (χ0) is 15.9. The molecule has 6 nitrogen and oxygen atoms in total. The minimum Gasteiger partial charge on any atom is -0.508 e. The van der Waals surface area contributed by atoms with E-state index in [0.29, 0.717) is 11.3 Å². The molecule has 1 unspecified atom stereocenters. The Morgan fingerprint density at radius 1 is 1.14 bits per heavy atom. The smallest absolute Gasteiger partial charge is 0.174 e. The van der Waals surface area contributed by atoms with Gasteiger partial charge in [-0.1, -0.05) is 0 Å². The molecule has 1 heterocycles. The molecular formula is C16H14O6. The van der Waals surface area contributed by atoms with E-state index in [1.165, 1.54) is 19.2 Å². The Morgan fingerprint density at radius 3 is 2.59 bits per heavy atom. The summed E-state index contributed by atoms with van der Waals surface area (Å²) in [6, 6.07) is 7.04. The van der Waals surface area contributed by atoms with Crippen molar-refractivity contribution in [3.05, 3.63) is 41.5 Å². The number of carbonyl (C=O) groups is 1. The summed E-state index contributed by atoms with van der Waals surface area (Å²) in [5, 5.41) is 29.3. The Hall–Kier alpha value is -2.89. The van der Waals surface area contributed by atoms with Crippen LogP contribution in [0.5, 0.6) is 28.7 Å². The van der Waals surface area contributed by atoms with Crippen molar-refractivity contribution in [2.24, 2.45) is 0 Å². The first-order chi connectivity index (χ1) is 10.5. The van der Waals surface area contributed by atoms with Gasteiger partial charge in [0, 0.05) is 23.8 Å². The van der Waals surface area contributed by atoms with Crippen LogP contribution in [0.25, 0.3) is 0 Å². The van der Waals surface area contributed by atoms with E-state index in [4.69, 9.17) is 9.47 Å². The molecule has 114 valence electrons. The summed E-state index contributed by atoms with van der Waals surface area (Å²) in [5.41, 5.74) is 0.477. The number of ether oxygens (including phenoxy) is 2. The Kier molecular flexibility index (Phi) is 3.29. The monoisotopic (exact) mass is 302 g/mol. The van der Waals surface area contributed by atoms with E-state index in [0.717, 1.165) is 6.07 Å². The second-order valence-corrected chi connectivity index (χ2v) is 5.00. The summed E-state index contributed by atoms with van der Waals surface area (Å²) >= 11 is 0. The van der Waals surface area contributed by atoms with Crippen LogP contribution in [0.2, 0.25) is 0 Å². The molecule has 0 saturated heterocycles. The third-order valence-electron chi connectivity index (χ3n) is 3.57. The van der Waals surface area contributed by atoms with E-state index in [2.05, 4.69) is 0 Å². The van der Waals surface area contributed by atoms with E-state index < -0.39 is 6.10 Å². The highest BCUT2D eigenvalue weighted by atomic mass is 16.5. The normalized spacial score (nSPS) is 16.8. The number of phenols is 3. The van der Waals surface area contributed by atoms with Crippen LogP contribution in [0.4, 0.5) is 0 Å². The third kappa shape index (κ3) is 2.28. The molecule has 1 aliphatic heterocycles. The van der Waals surface area contributed by atoms with Crippen LogP contribution in [0.15, 0.2) is 30.3 Å². The maximum Gasteiger partial charge on any atom is 0.174 e. The maximum atomic E-state index is 12.2. The quantitative estimate of drug-likeness (QED) is 0.789. The Bertz CT molecular complexity index is 753. The predicted molar refractivity (Wildman–Crippen MR) is 76.7 cm³/mol. The summed E-state index contributed by atoms with van der Waals surface area (Å²) in [6.45, 7) is 0. The number of Topliss-reactive ketones (excluding diaryl/α,β-unsaturated/α-hetero) is 1. The SMILES string of the molecule is COc1ccc(C2CC(=O)c3c(O)cc(O)cc3O2)c(O)c1.